The Hall–Kier alpha value is -2.66. The van der Waals surface area contributed by atoms with E-state index < -0.39 is 5.41 Å². The van der Waals surface area contributed by atoms with Gasteiger partial charge < -0.3 is 15.1 Å². The summed E-state index contributed by atoms with van der Waals surface area (Å²) in [4.78, 5) is 29.8. The third-order valence-corrected chi connectivity index (χ3v) is 5.19. The van der Waals surface area contributed by atoms with Gasteiger partial charge >= 0.3 is 0 Å². The van der Waals surface area contributed by atoms with Crippen LogP contribution in [0.4, 0.5) is 5.69 Å². The molecule has 1 atom stereocenters. The van der Waals surface area contributed by atoms with Gasteiger partial charge in [0.15, 0.2) is 0 Å². The molecule has 5 heteroatoms. The van der Waals surface area contributed by atoms with Crippen LogP contribution in [-0.4, -0.2) is 50.9 Å². The van der Waals surface area contributed by atoms with Crippen molar-refractivity contribution in [3.8, 4) is 0 Å². The average Bonchev–Trinajstić information content (AvgIpc) is 2.85. The smallest absolute Gasteiger partial charge is 0.238 e. The van der Waals surface area contributed by atoms with Crippen LogP contribution in [0.2, 0.25) is 0 Å². The Morgan fingerprint density at radius 2 is 1.74 bits per heavy atom. The van der Waals surface area contributed by atoms with Crippen LogP contribution in [0.5, 0.6) is 0 Å². The van der Waals surface area contributed by atoms with Crippen molar-refractivity contribution < 1.29 is 9.59 Å². The monoisotopic (exact) mass is 365 g/mol. The Bertz CT molecular complexity index is 819. The molecule has 1 aliphatic rings. The first-order chi connectivity index (χ1) is 12.9. The topological polar surface area (TPSA) is 52.7 Å². The molecule has 0 aromatic heterocycles. The van der Waals surface area contributed by atoms with Crippen LogP contribution >= 0.6 is 0 Å². The van der Waals surface area contributed by atoms with E-state index in [4.69, 9.17) is 0 Å². The van der Waals surface area contributed by atoms with Gasteiger partial charge in [0.2, 0.25) is 11.8 Å². The van der Waals surface area contributed by atoms with Gasteiger partial charge in [-0.1, -0.05) is 48.5 Å². The van der Waals surface area contributed by atoms with Crippen LogP contribution in [-0.2, 0) is 21.4 Å². The van der Waals surface area contributed by atoms with E-state index in [0.717, 1.165) is 23.4 Å². The van der Waals surface area contributed by atoms with E-state index in [0.29, 0.717) is 13.0 Å². The van der Waals surface area contributed by atoms with Crippen molar-refractivity contribution in [1.82, 2.24) is 10.2 Å². The number of carbonyl (C=O) groups excluding carboxylic acids is 2. The maximum atomic E-state index is 13.3. The zero-order chi connectivity index (χ0) is 19.4. The summed E-state index contributed by atoms with van der Waals surface area (Å²) in [6, 6.07) is 17.7. The zero-order valence-electron chi connectivity index (χ0n) is 16.2. The molecular formula is C22H27N3O2. The van der Waals surface area contributed by atoms with Gasteiger partial charge in [-0.25, -0.2) is 0 Å². The average molecular weight is 365 g/mol. The molecule has 0 unspecified atom stereocenters. The fraction of sp³-hybridized carbons (Fsp3) is 0.364. The van der Waals surface area contributed by atoms with Crippen molar-refractivity contribution in [2.75, 3.05) is 39.1 Å². The molecule has 2 aromatic rings. The van der Waals surface area contributed by atoms with Crippen LogP contribution in [0, 0.1) is 0 Å². The van der Waals surface area contributed by atoms with Crippen LogP contribution in [0.15, 0.2) is 54.6 Å². The minimum absolute atomic E-state index is 0.0182. The number of amides is 2. The number of fused-ring (bicyclic) bond motifs is 1. The van der Waals surface area contributed by atoms with E-state index in [1.54, 1.807) is 11.9 Å². The lowest BCUT2D eigenvalue weighted by molar-refractivity contribution is -0.129. The molecule has 5 nitrogen and oxygen atoms in total. The molecular weight excluding hydrogens is 338 g/mol. The van der Waals surface area contributed by atoms with Crippen LogP contribution in [0.25, 0.3) is 0 Å². The molecule has 0 bridgehead atoms. The summed E-state index contributed by atoms with van der Waals surface area (Å²) < 4.78 is 0. The number of hydrogen-bond acceptors (Lipinski definition) is 3. The fourth-order valence-corrected chi connectivity index (χ4v) is 3.82. The molecule has 27 heavy (non-hydrogen) atoms. The second-order valence-electron chi connectivity index (χ2n) is 7.46. The van der Waals surface area contributed by atoms with Crippen molar-refractivity contribution in [3.63, 3.8) is 0 Å². The van der Waals surface area contributed by atoms with Gasteiger partial charge in [0, 0.05) is 32.2 Å². The highest BCUT2D eigenvalue weighted by Gasteiger charge is 2.50. The molecule has 1 heterocycles. The second kappa shape index (κ2) is 7.92. The molecule has 2 aromatic carbocycles. The van der Waals surface area contributed by atoms with Gasteiger partial charge in [0.1, 0.15) is 0 Å². The molecule has 1 N–H and O–H groups in total. The largest absolute Gasteiger partial charge is 0.355 e. The summed E-state index contributed by atoms with van der Waals surface area (Å²) in [5, 5.41) is 2.97. The summed E-state index contributed by atoms with van der Waals surface area (Å²) in [7, 11) is 5.72. The Kier molecular flexibility index (Phi) is 5.61. The predicted octanol–water partition coefficient (Wildman–Crippen LogP) is 2.21. The predicted molar refractivity (Wildman–Crippen MR) is 108 cm³/mol. The Morgan fingerprint density at radius 1 is 1.07 bits per heavy atom. The second-order valence-corrected chi connectivity index (χ2v) is 7.46. The number of likely N-dealkylation sites (N-methyl/N-ethyl adjacent to an activating group) is 2. The minimum Gasteiger partial charge on any atom is -0.355 e. The molecule has 0 spiro atoms. The maximum Gasteiger partial charge on any atom is 0.238 e. The first kappa shape index (κ1) is 19.1. The highest BCUT2D eigenvalue weighted by molar-refractivity contribution is 6.09. The highest BCUT2D eigenvalue weighted by atomic mass is 16.2. The van der Waals surface area contributed by atoms with Crippen molar-refractivity contribution in [3.05, 3.63) is 65.7 Å². The van der Waals surface area contributed by atoms with Gasteiger partial charge in [-0.3, -0.25) is 9.59 Å². The fourth-order valence-electron chi connectivity index (χ4n) is 3.82. The summed E-state index contributed by atoms with van der Waals surface area (Å²) in [6.07, 6.45) is 0.657. The van der Waals surface area contributed by atoms with E-state index >= 15 is 0 Å². The van der Waals surface area contributed by atoms with E-state index in [9.17, 15) is 9.59 Å². The minimum atomic E-state index is -0.866. The molecule has 1 aliphatic heterocycles. The lowest BCUT2D eigenvalue weighted by atomic mass is 9.73. The molecule has 142 valence electrons. The van der Waals surface area contributed by atoms with E-state index in [2.05, 4.69) is 5.32 Å². The molecule has 2 amide bonds. The maximum absolute atomic E-state index is 13.3. The first-order valence-corrected chi connectivity index (χ1v) is 9.27. The highest BCUT2D eigenvalue weighted by Crippen LogP contribution is 2.45. The van der Waals surface area contributed by atoms with Gasteiger partial charge in [0.05, 0.1) is 5.41 Å². The molecule has 0 saturated heterocycles. The third-order valence-electron chi connectivity index (χ3n) is 5.19. The Labute approximate surface area is 161 Å². The van der Waals surface area contributed by atoms with Crippen molar-refractivity contribution in [1.29, 1.82) is 0 Å². The third kappa shape index (κ3) is 3.88. The lowest BCUT2D eigenvalue weighted by Gasteiger charge is -2.28. The number of benzene rings is 2. The van der Waals surface area contributed by atoms with E-state index in [-0.39, 0.29) is 18.2 Å². The number of para-hydroxylation sites is 1. The summed E-state index contributed by atoms with van der Waals surface area (Å²) in [5.41, 5.74) is 2.01. The van der Waals surface area contributed by atoms with Gasteiger partial charge in [-0.15, -0.1) is 0 Å². The summed E-state index contributed by atoms with van der Waals surface area (Å²) in [6.45, 7) is 1.33. The van der Waals surface area contributed by atoms with Gasteiger partial charge in [-0.2, -0.15) is 0 Å². The molecule has 3 rings (SSSR count). The number of nitrogens with one attached hydrogen (secondary N) is 1. The summed E-state index contributed by atoms with van der Waals surface area (Å²) >= 11 is 0. The lowest BCUT2D eigenvalue weighted by Crippen LogP contribution is -2.45. The van der Waals surface area contributed by atoms with Crippen molar-refractivity contribution in [2.24, 2.45) is 0 Å². The molecule has 0 fully saturated rings. The van der Waals surface area contributed by atoms with E-state index in [1.807, 2.05) is 73.6 Å². The number of hydrogen-bond donors (Lipinski definition) is 1. The molecule has 0 aliphatic carbocycles. The van der Waals surface area contributed by atoms with Crippen LogP contribution in [0.3, 0.4) is 0 Å². The number of anilines is 1. The summed E-state index contributed by atoms with van der Waals surface area (Å²) in [5.74, 6) is -0.110. The number of rotatable bonds is 7. The first-order valence-electron chi connectivity index (χ1n) is 9.27. The SMILES string of the molecule is CN(C)CCNC(=O)C[C@]1(Cc2ccccc2)C(=O)N(C)c2ccccc21. The van der Waals surface area contributed by atoms with Crippen molar-refractivity contribution in [2.45, 2.75) is 18.3 Å². The Balaban J connectivity index is 1.93. The van der Waals surface area contributed by atoms with Crippen LogP contribution in [0.1, 0.15) is 17.5 Å². The standard InChI is InChI=1S/C22H27N3O2/c1-24(2)14-13-23-20(26)16-22(15-17-9-5-4-6-10-17)18-11-7-8-12-19(18)25(3)21(22)27/h4-12H,13-16H2,1-3H3,(H,23,26)/t22-/m0/s1. The molecule has 0 saturated carbocycles. The zero-order valence-corrected chi connectivity index (χ0v) is 16.2. The normalized spacial score (nSPS) is 18.7. The number of carbonyl (C=O) groups is 2. The van der Waals surface area contributed by atoms with Crippen LogP contribution < -0.4 is 10.2 Å². The quantitative estimate of drug-likeness (QED) is 0.819. The van der Waals surface area contributed by atoms with Gasteiger partial charge in [0.25, 0.3) is 0 Å². The molecule has 0 radical (unpaired) electrons. The van der Waals surface area contributed by atoms with E-state index in [1.165, 1.54) is 0 Å². The number of nitrogens with zero attached hydrogens (tertiary/aromatic N) is 2. The Morgan fingerprint density at radius 3 is 2.44 bits per heavy atom. The van der Waals surface area contributed by atoms with Gasteiger partial charge in [-0.05, 0) is 37.7 Å². The van der Waals surface area contributed by atoms with Crippen molar-refractivity contribution >= 4 is 17.5 Å².